The molecule has 88 valence electrons. The van der Waals surface area contributed by atoms with Crippen LogP contribution in [0.5, 0.6) is 0 Å². The van der Waals surface area contributed by atoms with Gasteiger partial charge < -0.3 is 10.6 Å². The summed E-state index contributed by atoms with van der Waals surface area (Å²) in [4.78, 5) is 16.7. The van der Waals surface area contributed by atoms with E-state index in [0.29, 0.717) is 6.54 Å². The van der Waals surface area contributed by atoms with E-state index >= 15 is 0 Å². The molecule has 0 saturated heterocycles. The van der Waals surface area contributed by atoms with Crippen LogP contribution in [0.2, 0.25) is 0 Å². The summed E-state index contributed by atoms with van der Waals surface area (Å²) in [5, 5.41) is 5.56. The van der Waals surface area contributed by atoms with Crippen molar-refractivity contribution in [2.24, 2.45) is 0 Å². The summed E-state index contributed by atoms with van der Waals surface area (Å²) < 4.78 is 0. The second-order valence-electron chi connectivity index (χ2n) is 3.46. The minimum atomic E-state index is -0.180. The molecular weight excluding hydrogens is 234 g/mol. The number of thiazole rings is 1. The number of anilines is 1. The Balaban J connectivity index is 1.71. The Labute approximate surface area is 104 Å². The van der Waals surface area contributed by atoms with Crippen molar-refractivity contribution in [1.29, 1.82) is 0 Å². The first-order valence-electron chi connectivity index (χ1n) is 5.32. The molecule has 0 spiro atoms. The Morgan fingerprint density at radius 1 is 1.29 bits per heavy atom. The monoisotopic (exact) mass is 247 g/mol. The molecule has 1 aromatic heterocycles. The van der Waals surface area contributed by atoms with Gasteiger partial charge in [0.1, 0.15) is 0 Å². The number of benzene rings is 1. The number of amides is 2. The van der Waals surface area contributed by atoms with E-state index in [1.54, 1.807) is 16.8 Å². The molecule has 0 radical (unpaired) electrons. The van der Waals surface area contributed by atoms with E-state index < -0.39 is 0 Å². The predicted molar refractivity (Wildman–Crippen MR) is 69.3 cm³/mol. The molecule has 5 heteroatoms. The summed E-state index contributed by atoms with van der Waals surface area (Å²) >= 11 is 1.60. The maximum absolute atomic E-state index is 11.5. The first kappa shape index (κ1) is 11.6. The zero-order chi connectivity index (χ0) is 11.9. The molecule has 1 aromatic carbocycles. The van der Waals surface area contributed by atoms with Crippen molar-refractivity contribution < 1.29 is 4.79 Å². The Morgan fingerprint density at radius 3 is 2.82 bits per heavy atom. The van der Waals surface area contributed by atoms with Crippen molar-refractivity contribution in [3.8, 4) is 0 Å². The van der Waals surface area contributed by atoms with E-state index in [4.69, 9.17) is 0 Å². The van der Waals surface area contributed by atoms with Crippen LogP contribution in [-0.4, -0.2) is 17.6 Å². The molecular formula is C12H13N3OS. The van der Waals surface area contributed by atoms with Gasteiger partial charge in [0.15, 0.2) is 0 Å². The summed E-state index contributed by atoms with van der Waals surface area (Å²) in [7, 11) is 0. The van der Waals surface area contributed by atoms with Crippen LogP contribution in [0.4, 0.5) is 10.5 Å². The molecule has 2 amide bonds. The normalized spacial score (nSPS) is 9.88. The molecule has 17 heavy (non-hydrogen) atoms. The third-order valence-electron chi connectivity index (χ3n) is 2.17. The summed E-state index contributed by atoms with van der Waals surface area (Å²) in [6, 6.07) is 9.19. The molecule has 4 nitrogen and oxygen atoms in total. The number of carbonyl (C=O) groups is 1. The molecule has 2 N–H and O–H groups in total. The average molecular weight is 247 g/mol. The highest BCUT2D eigenvalue weighted by molar-refractivity contribution is 7.09. The fraction of sp³-hybridized carbons (Fsp3) is 0.167. The molecule has 2 aromatic rings. The number of carbonyl (C=O) groups excluding carboxylic acids is 1. The lowest BCUT2D eigenvalue weighted by molar-refractivity contribution is 0.252. The van der Waals surface area contributed by atoms with E-state index in [9.17, 15) is 4.79 Å². The first-order chi connectivity index (χ1) is 8.34. The fourth-order valence-electron chi connectivity index (χ4n) is 1.36. The Hall–Kier alpha value is -1.88. The number of urea groups is 1. The van der Waals surface area contributed by atoms with Crippen LogP contribution in [0.15, 0.2) is 42.0 Å². The van der Waals surface area contributed by atoms with E-state index in [-0.39, 0.29) is 6.03 Å². The number of nitrogens with one attached hydrogen (secondary N) is 2. The van der Waals surface area contributed by atoms with E-state index in [0.717, 1.165) is 12.1 Å². The topological polar surface area (TPSA) is 54.0 Å². The summed E-state index contributed by atoms with van der Waals surface area (Å²) in [6.45, 7) is 0.612. The van der Waals surface area contributed by atoms with Crippen molar-refractivity contribution in [3.05, 3.63) is 46.9 Å². The zero-order valence-electron chi connectivity index (χ0n) is 9.22. The van der Waals surface area contributed by atoms with Gasteiger partial charge in [0, 0.05) is 29.7 Å². The van der Waals surface area contributed by atoms with Crippen LogP contribution < -0.4 is 10.6 Å². The van der Waals surface area contributed by atoms with Crippen molar-refractivity contribution in [2.75, 3.05) is 11.9 Å². The first-order valence-corrected chi connectivity index (χ1v) is 6.20. The van der Waals surface area contributed by atoms with Crippen LogP contribution in [0.25, 0.3) is 0 Å². The SMILES string of the molecule is O=C(NCCc1cncs1)Nc1ccccc1. The van der Waals surface area contributed by atoms with Crippen molar-refractivity contribution in [1.82, 2.24) is 10.3 Å². The molecule has 0 fully saturated rings. The lowest BCUT2D eigenvalue weighted by Crippen LogP contribution is -2.30. The van der Waals surface area contributed by atoms with Gasteiger partial charge in [0.25, 0.3) is 0 Å². The lowest BCUT2D eigenvalue weighted by Gasteiger charge is -2.06. The summed E-state index contributed by atoms with van der Waals surface area (Å²) in [6.07, 6.45) is 2.63. The zero-order valence-corrected chi connectivity index (χ0v) is 10.0. The molecule has 0 bridgehead atoms. The van der Waals surface area contributed by atoms with Gasteiger partial charge in [-0.1, -0.05) is 18.2 Å². The van der Waals surface area contributed by atoms with Crippen LogP contribution in [-0.2, 0) is 6.42 Å². The Bertz CT molecular complexity index is 456. The molecule has 2 rings (SSSR count). The highest BCUT2D eigenvalue weighted by Gasteiger charge is 2.00. The number of rotatable bonds is 4. The predicted octanol–water partition coefficient (Wildman–Crippen LogP) is 2.51. The van der Waals surface area contributed by atoms with Crippen LogP contribution in [0, 0.1) is 0 Å². The second-order valence-corrected chi connectivity index (χ2v) is 4.44. The maximum Gasteiger partial charge on any atom is 0.319 e. The summed E-state index contributed by atoms with van der Waals surface area (Å²) in [5.41, 5.74) is 2.59. The van der Waals surface area contributed by atoms with E-state index in [1.165, 1.54) is 4.88 Å². The molecule has 1 heterocycles. The van der Waals surface area contributed by atoms with E-state index in [1.807, 2.05) is 36.5 Å². The lowest BCUT2D eigenvalue weighted by atomic mass is 10.3. The number of nitrogens with zero attached hydrogens (tertiary/aromatic N) is 1. The molecule has 0 atom stereocenters. The third kappa shape index (κ3) is 3.88. The van der Waals surface area contributed by atoms with Gasteiger partial charge in [-0.3, -0.25) is 4.98 Å². The van der Waals surface area contributed by atoms with Gasteiger partial charge in [-0.25, -0.2) is 4.79 Å². The Kier molecular flexibility index (Phi) is 4.10. The maximum atomic E-state index is 11.5. The smallest absolute Gasteiger partial charge is 0.319 e. The van der Waals surface area contributed by atoms with Gasteiger partial charge in [-0.15, -0.1) is 11.3 Å². The highest BCUT2D eigenvalue weighted by atomic mass is 32.1. The third-order valence-corrected chi connectivity index (χ3v) is 3.01. The van der Waals surface area contributed by atoms with Gasteiger partial charge >= 0.3 is 6.03 Å². The second kappa shape index (κ2) is 6.00. The Morgan fingerprint density at radius 2 is 2.12 bits per heavy atom. The number of aromatic nitrogens is 1. The highest BCUT2D eigenvalue weighted by Crippen LogP contribution is 2.06. The van der Waals surface area contributed by atoms with Gasteiger partial charge in [-0.05, 0) is 12.1 Å². The average Bonchev–Trinajstić information content (AvgIpc) is 2.83. The number of hydrogen-bond donors (Lipinski definition) is 2. The van der Waals surface area contributed by atoms with Crippen molar-refractivity contribution >= 4 is 23.1 Å². The van der Waals surface area contributed by atoms with E-state index in [2.05, 4.69) is 15.6 Å². The molecule has 0 aliphatic rings. The quantitative estimate of drug-likeness (QED) is 0.872. The van der Waals surface area contributed by atoms with Crippen LogP contribution >= 0.6 is 11.3 Å². The van der Waals surface area contributed by atoms with Gasteiger partial charge in [0.05, 0.1) is 5.51 Å². The minimum Gasteiger partial charge on any atom is -0.338 e. The standard InChI is InChI=1S/C12H13N3OS/c16-12(15-10-4-2-1-3-5-10)14-7-6-11-8-13-9-17-11/h1-5,8-9H,6-7H2,(H2,14,15,16). The number of para-hydroxylation sites is 1. The molecule has 0 saturated carbocycles. The number of hydrogen-bond acceptors (Lipinski definition) is 3. The van der Waals surface area contributed by atoms with Crippen molar-refractivity contribution in [3.63, 3.8) is 0 Å². The van der Waals surface area contributed by atoms with Crippen LogP contribution in [0.1, 0.15) is 4.88 Å². The molecule has 0 aliphatic carbocycles. The van der Waals surface area contributed by atoms with Crippen molar-refractivity contribution in [2.45, 2.75) is 6.42 Å². The molecule has 0 aliphatic heterocycles. The van der Waals surface area contributed by atoms with Gasteiger partial charge in [0.2, 0.25) is 0 Å². The van der Waals surface area contributed by atoms with Gasteiger partial charge in [-0.2, -0.15) is 0 Å². The minimum absolute atomic E-state index is 0.180. The van der Waals surface area contributed by atoms with Crippen LogP contribution in [0.3, 0.4) is 0 Å². The molecule has 0 unspecified atom stereocenters. The largest absolute Gasteiger partial charge is 0.338 e. The summed E-state index contributed by atoms with van der Waals surface area (Å²) in [5.74, 6) is 0. The fourth-order valence-corrected chi connectivity index (χ4v) is 1.96.